The predicted octanol–water partition coefficient (Wildman–Crippen LogP) is 2.26. The van der Waals surface area contributed by atoms with Crippen molar-refractivity contribution < 1.29 is 19.1 Å². The number of rotatable bonds is 5. The van der Waals surface area contributed by atoms with E-state index in [0.29, 0.717) is 37.3 Å². The van der Waals surface area contributed by atoms with E-state index >= 15 is 0 Å². The van der Waals surface area contributed by atoms with Gasteiger partial charge < -0.3 is 15.0 Å². The Bertz CT molecular complexity index is 596. The van der Waals surface area contributed by atoms with Gasteiger partial charge in [0.15, 0.2) is 6.10 Å². The van der Waals surface area contributed by atoms with Gasteiger partial charge in [-0.1, -0.05) is 0 Å². The van der Waals surface area contributed by atoms with E-state index in [0.717, 1.165) is 25.7 Å². The normalized spacial score (nSPS) is 37.9. The van der Waals surface area contributed by atoms with E-state index in [1.54, 1.807) is 11.8 Å². The van der Waals surface area contributed by atoms with Crippen molar-refractivity contribution in [3.8, 4) is 0 Å². The van der Waals surface area contributed by atoms with Crippen molar-refractivity contribution in [3.63, 3.8) is 0 Å². The van der Waals surface area contributed by atoms with Gasteiger partial charge in [-0.05, 0) is 83.0 Å². The van der Waals surface area contributed by atoms with E-state index in [9.17, 15) is 14.4 Å². The quantitative estimate of drug-likeness (QED) is 0.747. The summed E-state index contributed by atoms with van der Waals surface area (Å²) in [5.74, 6) is 1.57. The van der Waals surface area contributed by atoms with Crippen molar-refractivity contribution in [2.75, 3.05) is 13.1 Å². The number of amides is 2. The molecular formula is C21H32N2O4. The molecule has 150 valence electrons. The molecule has 0 aromatic carbocycles. The third-order valence-corrected chi connectivity index (χ3v) is 7.29. The second-order valence-electron chi connectivity index (χ2n) is 9.33. The van der Waals surface area contributed by atoms with E-state index in [2.05, 4.69) is 5.32 Å². The summed E-state index contributed by atoms with van der Waals surface area (Å²) in [7, 11) is 0. The lowest BCUT2D eigenvalue weighted by Crippen LogP contribution is -2.56. The van der Waals surface area contributed by atoms with Crippen LogP contribution >= 0.6 is 0 Å². The number of nitrogens with one attached hydrogen (secondary N) is 1. The average molecular weight is 376 g/mol. The van der Waals surface area contributed by atoms with Crippen LogP contribution in [-0.4, -0.2) is 47.9 Å². The molecule has 0 unspecified atom stereocenters. The minimum Gasteiger partial charge on any atom is -0.451 e. The van der Waals surface area contributed by atoms with Crippen LogP contribution in [0.25, 0.3) is 0 Å². The molecule has 5 rings (SSSR count). The minimum absolute atomic E-state index is 0.187. The summed E-state index contributed by atoms with van der Waals surface area (Å²) < 4.78 is 5.40. The van der Waals surface area contributed by atoms with Gasteiger partial charge in [-0.2, -0.15) is 0 Å². The second kappa shape index (κ2) is 7.10. The third kappa shape index (κ3) is 3.36. The lowest BCUT2D eigenvalue weighted by molar-refractivity contribution is -0.168. The molecule has 6 nitrogen and oxygen atoms in total. The number of esters is 1. The summed E-state index contributed by atoms with van der Waals surface area (Å²) in [4.78, 5) is 39.9. The molecule has 4 bridgehead atoms. The molecule has 1 heterocycles. The summed E-state index contributed by atoms with van der Waals surface area (Å²) in [5.41, 5.74) is -0.233. The molecule has 1 N–H and O–H groups in total. The Morgan fingerprint density at radius 2 is 1.70 bits per heavy atom. The molecular weight excluding hydrogens is 344 g/mol. The maximum absolute atomic E-state index is 13.6. The lowest BCUT2D eigenvalue weighted by Gasteiger charge is -2.56. The van der Waals surface area contributed by atoms with Crippen LogP contribution in [0.4, 0.5) is 0 Å². The van der Waals surface area contributed by atoms with Gasteiger partial charge in [-0.25, -0.2) is 4.79 Å². The first-order valence-corrected chi connectivity index (χ1v) is 10.7. The van der Waals surface area contributed by atoms with Gasteiger partial charge in [0.25, 0.3) is 5.91 Å². The smallest absolute Gasteiger partial charge is 0.329 e. The molecule has 5 aliphatic rings. The maximum atomic E-state index is 13.6. The molecule has 0 radical (unpaired) electrons. The fourth-order valence-corrected chi connectivity index (χ4v) is 6.56. The first-order chi connectivity index (χ1) is 12.9. The highest BCUT2D eigenvalue weighted by Crippen LogP contribution is 2.60. The monoisotopic (exact) mass is 376 g/mol. The van der Waals surface area contributed by atoms with E-state index in [1.807, 2.05) is 6.92 Å². The van der Waals surface area contributed by atoms with Crippen molar-refractivity contribution in [2.24, 2.45) is 23.2 Å². The van der Waals surface area contributed by atoms with Crippen LogP contribution in [0.15, 0.2) is 0 Å². The van der Waals surface area contributed by atoms with E-state index in [-0.39, 0.29) is 17.2 Å². The highest BCUT2D eigenvalue weighted by Gasteiger charge is 2.57. The Morgan fingerprint density at radius 1 is 1.11 bits per heavy atom. The molecule has 4 saturated carbocycles. The molecule has 2 atom stereocenters. The largest absolute Gasteiger partial charge is 0.451 e. The summed E-state index contributed by atoms with van der Waals surface area (Å²) in [6.45, 7) is 4.55. The fraction of sp³-hybridized carbons (Fsp3) is 0.857. The van der Waals surface area contributed by atoms with Gasteiger partial charge in [0.1, 0.15) is 6.04 Å². The molecule has 5 fully saturated rings. The Morgan fingerprint density at radius 3 is 2.26 bits per heavy atom. The summed E-state index contributed by atoms with van der Waals surface area (Å²) >= 11 is 0. The maximum Gasteiger partial charge on any atom is 0.329 e. The molecule has 2 amide bonds. The van der Waals surface area contributed by atoms with Crippen LogP contribution in [0.5, 0.6) is 0 Å². The standard InChI is InChI=1S/C21H32N2O4/c1-3-22-18(24)13(2)27-19(25)17-5-4-6-23(17)20(26)21-10-14-7-15(11-21)9-16(8-14)12-21/h13-17H,3-12H2,1-2H3,(H,22,24)/t13-,14?,15?,16?,17+,21?/m0/s1. The van der Waals surface area contributed by atoms with Crippen LogP contribution in [0, 0.1) is 23.2 Å². The average Bonchev–Trinajstić information content (AvgIpc) is 3.09. The Hall–Kier alpha value is -1.59. The minimum atomic E-state index is -0.824. The molecule has 1 saturated heterocycles. The number of nitrogens with zero attached hydrogens (tertiary/aromatic N) is 1. The van der Waals surface area contributed by atoms with E-state index in [4.69, 9.17) is 4.74 Å². The van der Waals surface area contributed by atoms with Gasteiger partial charge >= 0.3 is 5.97 Å². The first kappa shape index (κ1) is 18.8. The SMILES string of the molecule is CCNC(=O)[C@H](C)OC(=O)[C@H]1CCCN1C(=O)C12CC3CC(CC(C3)C1)C2. The Labute approximate surface area is 161 Å². The number of hydrogen-bond donors (Lipinski definition) is 1. The van der Waals surface area contributed by atoms with Gasteiger partial charge in [0.05, 0.1) is 5.41 Å². The van der Waals surface area contributed by atoms with Crippen molar-refractivity contribution in [2.45, 2.75) is 77.4 Å². The number of ether oxygens (including phenoxy) is 1. The second-order valence-corrected chi connectivity index (χ2v) is 9.33. The van der Waals surface area contributed by atoms with Crippen LogP contribution in [0.1, 0.15) is 65.2 Å². The van der Waals surface area contributed by atoms with Crippen LogP contribution in [0.2, 0.25) is 0 Å². The Kier molecular flexibility index (Phi) is 4.93. The zero-order valence-corrected chi connectivity index (χ0v) is 16.5. The van der Waals surface area contributed by atoms with Gasteiger partial charge in [-0.3, -0.25) is 9.59 Å². The van der Waals surface area contributed by atoms with Gasteiger partial charge in [0, 0.05) is 13.1 Å². The topological polar surface area (TPSA) is 75.7 Å². The van der Waals surface area contributed by atoms with Gasteiger partial charge in [-0.15, -0.1) is 0 Å². The number of carbonyl (C=O) groups excluding carboxylic acids is 3. The molecule has 6 heteroatoms. The van der Waals surface area contributed by atoms with Crippen molar-refractivity contribution >= 4 is 17.8 Å². The van der Waals surface area contributed by atoms with Crippen LogP contribution in [-0.2, 0) is 19.1 Å². The molecule has 27 heavy (non-hydrogen) atoms. The zero-order chi connectivity index (χ0) is 19.2. The highest BCUT2D eigenvalue weighted by atomic mass is 16.5. The number of likely N-dealkylation sites (N-methyl/N-ethyl adjacent to an activating group) is 1. The van der Waals surface area contributed by atoms with E-state index < -0.39 is 18.1 Å². The van der Waals surface area contributed by atoms with Crippen LogP contribution in [0.3, 0.4) is 0 Å². The third-order valence-electron chi connectivity index (χ3n) is 7.29. The molecule has 0 spiro atoms. The van der Waals surface area contributed by atoms with Crippen molar-refractivity contribution in [1.82, 2.24) is 10.2 Å². The number of carbonyl (C=O) groups is 3. The zero-order valence-electron chi connectivity index (χ0n) is 16.5. The summed E-state index contributed by atoms with van der Waals surface area (Å²) in [6.07, 6.45) is 7.54. The number of hydrogen-bond acceptors (Lipinski definition) is 4. The molecule has 4 aliphatic carbocycles. The number of likely N-dealkylation sites (tertiary alicyclic amines) is 1. The summed E-state index contributed by atoms with van der Waals surface area (Å²) in [6, 6.07) is -0.526. The highest BCUT2D eigenvalue weighted by molar-refractivity contribution is 5.90. The van der Waals surface area contributed by atoms with Crippen molar-refractivity contribution in [3.05, 3.63) is 0 Å². The molecule has 0 aromatic heterocycles. The Balaban J connectivity index is 1.44. The summed E-state index contributed by atoms with van der Waals surface area (Å²) in [5, 5.41) is 2.67. The van der Waals surface area contributed by atoms with Crippen molar-refractivity contribution in [1.29, 1.82) is 0 Å². The predicted molar refractivity (Wildman–Crippen MR) is 99.6 cm³/mol. The first-order valence-electron chi connectivity index (χ1n) is 10.7. The fourth-order valence-electron chi connectivity index (χ4n) is 6.56. The van der Waals surface area contributed by atoms with Gasteiger partial charge in [0.2, 0.25) is 5.91 Å². The lowest BCUT2D eigenvalue weighted by atomic mass is 9.49. The molecule has 0 aromatic rings. The van der Waals surface area contributed by atoms with Crippen LogP contribution < -0.4 is 5.32 Å². The molecule has 1 aliphatic heterocycles. The van der Waals surface area contributed by atoms with E-state index in [1.165, 1.54) is 19.3 Å².